The molecule has 17 heavy (non-hydrogen) atoms. The van der Waals surface area contributed by atoms with E-state index in [4.69, 9.17) is 25.9 Å². The summed E-state index contributed by atoms with van der Waals surface area (Å²) in [5.74, 6) is -1.11. The predicted molar refractivity (Wildman–Crippen MR) is 57.0 cm³/mol. The van der Waals surface area contributed by atoms with Crippen LogP contribution >= 0.6 is 11.6 Å². The lowest BCUT2D eigenvalue weighted by atomic mass is 10.3. The second-order valence-corrected chi connectivity index (χ2v) is 3.49. The van der Waals surface area contributed by atoms with Crippen LogP contribution in [0.4, 0.5) is 0 Å². The number of hydrogen-bond donors (Lipinski definition) is 1. The molecular formula is C10H7ClN2O4. The van der Waals surface area contributed by atoms with Crippen LogP contribution in [0.2, 0.25) is 5.02 Å². The summed E-state index contributed by atoms with van der Waals surface area (Å²) in [5.41, 5.74) is 0. The normalized spacial score (nSPS) is 10.2. The fourth-order valence-electron chi connectivity index (χ4n) is 1.10. The fourth-order valence-corrected chi connectivity index (χ4v) is 1.28. The maximum absolute atomic E-state index is 10.5. The van der Waals surface area contributed by atoms with Crippen LogP contribution in [-0.2, 0) is 6.61 Å². The number of nitrogens with zero attached hydrogens (tertiary/aromatic N) is 2. The van der Waals surface area contributed by atoms with Crippen molar-refractivity contribution >= 4 is 17.6 Å². The van der Waals surface area contributed by atoms with Gasteiger partial charge in [-0.05, 0) is 18.2 Å². The molecule has 7 heteroatoms. The number of halogens is 1. The largest absolute Gasteiger partial charge is 0.484 e. The lowest BCUT2D eigenvalue weighted by molar-refractivity contribution is 0.0649. The number of carbonyl (C=O) groups is 1. The molecule has 0 saturated carbocycles. The summed E-state index contributed by atoms with van der Waals surface area (Å²) in [5, 5.41) is 15.9. The molecule has 88 valence electrons. The Balaban J connectivity index is 2.00. The van der Waals surface area contributed by atoms with Crippen molar-refractivity contribution < 1.29 is 19.1 Å². The Labute approximate surface area is 101 Å². The Hall–Kier alpha value is -2.08. The number of ether oxygens (including phenoxy) is 1. The van der Waals surface area contributed by atoms with Gasteiger partial charge in [-0.1, -0.05) is 17.7 Å². The van der Waals surface area contributed by atoms with E-state index in [-0.39, 0.29) is 12.5 Å². The van der Waals surface area contributed by atoms with Crippen LogP contribution in [0.15, 0.2) is 28.7 Å². The molecule has 0 bridgehead atoms. The summed E-state index contributed by atoms with van der Waals surface area (Å²) in [6.07, 6.45) is 0. The van der Waals surface area contributed by atoms with E-state index in [1.165, 1.54) is 0 Å². The number of carboxylic acid groups (broad SMARTS) is 1. The first-order chi connectivity index (χ1) is 8.15. The zero-order chi connectivity index (χ0) is 12.3. The Morgan fingerprint density at radius 2 is 2.29 bits per heavy atom. The molecule has 1 aromatic heterocycles. The summed E-state index contributed by atoms with van der Waals surface area (Å²) in [6.45, 7) is -0.0133. The van der Waals surface area contributed by atoms with E-state index in [1.54, 1.807) is 24.3 Å². The Bertz CT molecular complexity index is 541. The predicted octanol–water partition coefficient (Wildman–Crippen LogP) is 2.00. The van der Waals surface area contributed by atoms with Crippen LogP contribution in [0.3, 0.4) is 0 Å². The van der Waals surface area contributed by atoms with E-state index in [9.17, 15) is 4.79 Å². The van der Waals surface area contributed by atoms with Gasteiger partial charge in [0.1, 0.15) is 5.75 Å². The van der Waals surface area contributed by atoms with Crippen LogP contribution in [0.5, 0.6) is 5.75 Å². The Kier molecular flexibility index (Phi) is 3.24. The van der Waals surface area contributed by atoms with Crippen LogP contribution in [-0.4, -0.2) is 21.3 Å². The molecule has 2 rings (SSSR count). The number of aromatic nitrogens is 2. The van der Waals surface area contributed by atoms with Crippen molar-refractivity contribution in [2.75, 3.05) is 0 Å². The lowest BCUT2D eigenvalue weighted by Gasteiger charge is -2.02. The van der Waals surface area contributed by atoms with Gasteiger partial charge < -0.3 is 14.3 Å². The first-order valence-corrected chi connectivity index (χ1v) is 4.97. The molecule has 0 saturated heterocycles. The van der Waals surface area contributed by atoms with Crippen LogP contribution < -0.4 is 4.74 Å². The van der Waals surface area contributed by atoms with Gasteiger partial charge in [0, 0.05) is 5.02 Å². The van der Waals surface area contributed by atoms with Crippen molar-refractivity contribution in [2.24, 2.45) is 0 Å². The van der Waals surface area contributed by atoms with Gasteiger partial charge in [-0.15, -0.1) is 10.2 Å². The number of carboxylic acids is 1. The van der Waals surface area contributed by atoms with Crippen molar-refractivity contribution in [2.45, 2.75) is 6.61 Å². The minimum Gasteiger partial charge on any atom is -0.484 e. The first kappa shape index (κ1) is 11.4. The quantitative estimate of drug-likeness (QED) is 0.898. The molecular weight excluding hydrogens is 248 g/mol. The summed E-state index contributed by atoms with van der Waals surface area (Å²) >= 11 is 5.76. The fraction of sp³-hybridized carbons (Fsp3) is 0.100. The first-order valence-electron chi connectivity index (χ1n) is 4.59. The van der Waals surface area contributed by atoms with E-state index in [1.807, 2.05) is 0 Å². The maximum atomic E-state index is 10.5. The zero-order valence-corrected chi connectivity index (χ0v) is 9.22. The molecule has 0 unspecified atom stereocenters. The van der Waals surface area contributed by atoms with Gasteiger partial charge in [-0.25, -0.2) is 4.79 Å². The smallest absolute Gasteiger partial charge is 0.393 e. The summed E-state index contributed by atoms with van der Waals surface area (Å²) in [4.78, 5) is 10.5. The SMILES string of the molecule is O=C(O)c1nnc(COc2cccc(Cl)c2)o1. The molecule has 6 nitrogen and oxygen atoms in total. The van der Waals surface area contributed by atoms with Crippen LogP contribution in [0.25, 0.3) is 0 Å². The third kappa shape index (κ3) is 2.94. The van der Waals surface area contributed by atoms with Crippen LogP contribution in [0.1, 0.15) is 16.6 Å². The van der Waals surface area contributed by atoms with Gasteiger partial charge >= 0.3 is 11.9 Å². The third-order valence-corrected chi connectivity index (χ3v) is 2.04. The number of hydrogen-bond acceptors (Lipinski definition) is 5. The molecule has 0 aliphatic rings. The number of aromatic carboxylic acids is 1. The Morgan fingerprint density at radius 1 is 1.47 bits per heavy atom. The molecule has 0 spiro atoms. The minimum atomic E-state index is -1.27. The lowest BCUT2D eigenvalue weighted by Crippen LogP contribution is -1.96. The average Bonchev–Trinajstić information content (AvgIpc) is 2.75. The number of benzene rings is 1. The molecule has 1 heterocycles. The molecule has 0 radical (unpaired) electrons. The van der Waals surface area contributed by atoms with E-state index in [2.05, 4.69) is 10.2 Å². The van der Waals surface area contributed by atoms with Gasteiger partial charge in [-0.2, -0.15) is 0 Å². The van der Waals surface area contributed by atoms with Gasteiger partial charge in [-0.3, -0.25) is 0 Å². The standard InChI is InChI=1S/C10H7ClN2O4/c11-6-2-1-3-7(4-6)16-5-8-12-13-9(17-8)10(14)15/h1-4H,5H2,(H,14,15). The summed E-state index contributed by atoms with van der Waals surface area (Å²) < 4.78 is 10.1. The van der Waals surface area contributed by atoms with Gasteiger partial charge in [0.05, 0.1) is 0 Å². The molecule has 0 aliphatic carbocycles. The van der Waals surface area contributed by atoms with Gasteiger partial charge in [0.15, 0.2) is 6.61 Å². The zero-order valence-electron chi connectivity index (χ0n) is 8.46. The molecule has 0 aliphatic heterocycles. The molecule has 0 atom stereocenters. The molecule has 1 N–H and O–H groups in total. The van der Waals surface area contributed by atoms with Crippen molar-refractivity contribution in [3.05, 3.63) is 41.1 Å². The highest BCUT2D eigenvalue weighted by Gasteiger charge is 2.13. The Morgan fingerprint density at radius 3 is 2.94 bits per heavy atom. The second-order valence-electron chi connectivity index (χ2n) is 3.05. The van der Waals surface area contributed by atoms with Gasteiger partial charge in [0.25, 0.3) is 5.89 Å². The molecule has 1 aromatic carbocycles. The molecule has 0 fully saturated rings. The highest BCUT2D eigenvalue weighted by molar-refractivity contribution is 6.30. The monoisotopic (exact) mass is 254 g/mol. The molecule has 2 aromatic rings. The second kappa shape index (κ2) is 4.84. The maximum Gasteiger partial charge on any atom is 0.393 e. The van der Waals surface area contributed by atoms with Gasteiger partial charge in [0.2, 0.25) is 0 Å². The van der Waals surface area contributed by atoms with E-state index in [0.29, 0.717) is 10.8 Å². The molecule has 0 amide bonds. The van der Waals surface area contributed by atoms with Crippen molar-refractivity contribution in [3.8, 4) is 5.75 Å². The van der Waals surface area contributed by atoms with Crippen molar-refractivity contribution in [1.82, 2.24) is 10.2 Å². The third-order valence-electron chi connectivity index (χ3n) is 1.81. The minimum absolute atomic E-state index is 0.0133. The number of rotatable bonds is 4. The van der Waals surface area contributed by atoms with Crippen LogP contribution in [0, 0.1) is 0 Å². The van der Waals surface area contributed by atoms with E-state index < -0.39 is 11.9 Å². The van der Waals surface area contributed by atoms with E-state index in [0.717, 1.165) is 0 Å². The van der Waals surface area contributed by atoms with Crippen molar-refractivity contribution in [1.29, 1.82) is 0 Å². The highest BCUT2D eigenvalue weighted by Crippen LogP contribution is 2.18. The van der Waals surface area contributed by atoms with Crippen molar-refractivity contribution in [3.63, 3.8) is 0 Å². The highest BCUT2D eigenvalue weighted by atomic mass is 35.5. The summed E-state index contributed by atoms with van der Waals surface area (Å²) in [7, 11) is 0. The van der Waals surface area contributed by atoms with E-state index >= 15 is 0 Å². The summed E-state index contributed by atoms with van der Waals surface area (Å²) in [6, 6.07) is 6.77. The average molecular weight is 255 g/mol. The topological polar surface area (TPSA) is 85.5 Å².